The van der Waals surface area contributed by atoms with Crippen molar-refractivity contribution in [1.82, 2.24) is 19.9 Å². The number of hydrogen-bond acceptors (Lipinski definition) is 4. The van der Waals surface area contributed by atoms with Crippen LogP contribution in [0.2, 0.25) is 0 Å². The molecule has 26 heavy (non-hydrogen) atoms. The molecular weight excluding hydrogens is 333 g/mol. The predicted octanol–water partition coefficient (Wildman–Crippen LogP) is 3.86. The van der Waals surface area contributed by atoms with Gasteiger partial charge in [-0.15, -0.1) is 5.10 Å². The van der Waals surface area contributed by atoms with Crippen molar-refractivity contribution in [2.24, 2.45) is 5.92 Å². The second-order valence-electron chi connectivity index (χ2n) is 6.41. The highest BCUT2D eigenvalue weighted by Crippen LogP contribution is 2.18. The lowest BCUT2D eigenvalue weighted by Gasteiger charge is -2.10. The third-order valence-electron chi connectivity index (χ3n) is 4.15. The number of hydrogen-bond donors (Lipinski definition) is 2. The number of anilines is 1. The first kappa shape index (κ1) is 19.6. The molecule has 0 aliphatic rings. The fraction of sp³-hybridized carbons (Fsp3) is 0.421. The summed E-state index contributed by atoms with van der Waals surface area (Å²) in [7, 11) is 0. The molecule has 0 radical (unpaired) electrons. The number of unbranched alkanes of at least 4 members (excludes halogenated alkanes) is 3. The number of nitrogens with zero attached hydrogens (tertiary/aromatic N) is 3. The van der Waals surface area contributed by atoms with E-state index < -0.39 is 11.7 Å². The molecule has 0 aromatic carbocycles. The van der Waals surface area contributed by atoms with E-state index in [1.807, 2.05) is 6.08 Å². The van der Waals surface area contributed by atoms with E-state index in [1.165, 1.54) is 19.3 Å². The number of nitrogens with one attached hydrogen (secondary N) is 1. The Bertz CT molecular complexity index is 812. The first-order valence-corrected chi connectivity index (χ1v) is 8.91. The number of aromatic nitrogens is 3. The van der Waals surface area contributed by atoms with Gasteiger partial charge in [-0.05, 0) is 18.4 Å². The van der Waals surface area contributed by atoms with Gasteiger partial charge in [0.2, 0.25) is 0 Å². The average Bonchev–Trinajstić information content (AvgIpc) is 2.92. The Hall–Kier alpha value is -2.70. The van der Waals surface area contributed by atoms with E-state index in [9.17, 15) is 9.18 Å². The van der Waals surface area contributed by atoms with E-state index in [0.717, 1.165) is 29.8 Å². The Morgan fingerprint density at radius 1 is 1.46 bits per heavy atom. The Morgan fingerprint density at radius 2 is 2.23 bits per heavy atom. The van der Waals surface area contributed by atoms with E-state index in [4.69, 9.17) is 5.73 Å². The Labute approximate surface area is 153 Å². The molecular formula is C19H26FN5O. The van der Waals surface area contributed by atoms with Crippen LogP contribution in [0.3, 0.4) is 0 Å². The van der Waals surface area contributed by atoms with Crippen LogP contribution < -0.4 is 11.1 Å². The fourth-order valence-electron chi connectivity index (χ4n) is 2.78. The molecule has 2 aromatic heterocycles. The third kappa shape index (κ3) is 4.91. The molecule has 0 bridgehead atoms. The number of amides is 1. The van der Waals surface area contributed by atoms with Gasteiger partial charge in [0.1, 0.15) is 5.56 Å². The summed E-state index contributed by atoms with van der Waals surface area (Å²) in [5.41, 5.74) is 6.75. The van der Waals surface area contributed by atoms with Gasteiger partial charge in [0.25, 0.3) is 5.91 Å². The monoisotopic (exact) mass is 359 g/mol. The van der Waals surface area contributed by atoms with Gasteiger partial charge in [-0.25, -0.2) is 13.9 Å². The lowest BCUT2D eigenvalue weighted by Crippen LogP contribution is -2.23. The third-order valence-corrected chi connectivity index (χ3v) is 4.15. The maximum atomic E-state index is 13.2. The van der Waals surface area contributed by atoms with E-state index in [-0.39, 0.29) is 17.0 Å². The number of fused-ring (bicyclic) bond motifs is 1. The zero-order chi connectivity index (χ0) is 19.1. The van der Waals surface area contributed by atoms with Crippen LogP contribution in [-0.4, -0.2) is 20.5 Å². The molecule has 1 atom stereocenters. The molecule has 0 saturated heterocycles. The van der Waals surface area contributed by atoms with E-state index in [0.29, 0.717) is 11.6 Å². The number of carbonyl (C=O) groups is 1. The van der Waals surface area contributed by atoms with Crippen molar-refractivity contribution in [1.29, 1.82) is 0 Å². The molecule has 7 heteroatoms. The lowest BCUT2D eigenvalue weighted by atomic mass is 10.0. The van der Waals surface area contributed by atoms with Crippen LogP contribution in [0, 0.1) is 11.7 Å². The first-order chi connectivity index (χ1) is 12.5. The fourth-order valence-corrected chi connectivity index (χ4v) is 2.78. The van der Waals surface area contributed by atoms with Crippen LogP contribution in [0.1, 0.15) is 56.3 Å². The lowest BCUT2D eigenvalue weighted by molar-refractivity contribution is 0.0969. The van der Waals surface area contributed by atoms with Crippen LogP contribution in [0.25, 0.3) is 5.65 Å². The molecule has 3 N–H and O–H groups in total. The van der Waals surface area contributed by atoms with Crippen molar-refractivity contribution in [3.8, 4) is 0 Å². The smallest absolute Gasteiger partial charge is 0.263 e. The summed E-state index contributed by atoms with van der Waals surface area (Å²) >= 11 is 0. The van der Waals surface area contributed by atoms with Crippen molar-refractivity contribution < 1.29 is 9.18 Å². The number of allylic oxidation sites excluding steroid dienone is 2. The summed E-state index contributed by atoms with van der Waals surface area (Å²) < 4.78 is 14.4. The highest BCUT2D eigenvalue weighted by Gasteiger charge is 2.20. The second-order valence-corrected chi connectivity index (χ2v) is 6.41. The van der Waals surface area contributed by atoms with Gasteiger partial charge < -0.3 is 11.1 Å². The van der Waals surface area contributed by atoms with Crippen molar-refractivity contribution in [2.75, 3.05) is 5.73 Å². The van der Waals surface area contributed by atoms with Gasteiger partial charge in [-0.3, -0.25) is 4.79 Å². The SMILES string of the molecule is C=CC(=CC(C)CCCCCC)NC(=O)c1c(N)nn2cc(F)cnc12. The van der Waals surface area contributed by atoms with Gasteiger partial charge in [0.05, 0.1) is 12.4 Å². The molecule has 0 saturated carbocycles. The quantitative estimate of drug-likeness (QED) is 0.526. The zero-order valence-corrected chi connectivity index (χ0v) is 15.3. The summed E-state index contributed by atoms with van der Waals surface area (Å²) in [5, 5.41) is 6.72. The molecule has 0 aliphatic heterocycles. The van der Waals surface area contributed by atoms with Crippen molar-refractivity contribution in [2.45, 2.75) is 46.0 Å². The van der Waals surface area contributed by atoms with E-state index >= 15 is 0 Å². The van der Waals surface area contributed by atoms with Crippen molar-refractivity contribution in [3.05, 3.63) is 48.2 Å². The summed E-state index contributed by atoms with van der Waals surface area (Å²) in [5.74, 6) is -0.693. The summed E-state index contributed by atoms with van der Waals surface area (Å²) in [6, 6.07) is 0. The van der Waals surface area contributed by atoms with Gasteiger partial charge in [-0.2, -0.15) is 0 Å². The topological polar surface area (TPSA) is 85.3 Å². The molecule has 0 spiro atoms. The highest BCUT2D eigenvalue weighted by atomic mass is 19.1. The predicted molar refractivity (Wildman–Crippen MR) is 101 cm³/mol. The summed E-state index contributed by atoms with van der Waals surface area (Å²) in [4.78, 5) is 16.5. The Morgan fingerprint density at radius 3 is 2.92 bits per heavy atom. The number of halogens is 1. The van der Waals surface area contributed by atoms with Crippen LogP contribution in [-0.2, 0) is 0 Å². The normalized spacial score (nSPS) is 13.0. The number of carbonyl (C=O) groups excluding carboxylic acids is 1. The van der Waals surface area contributed by atoms with Gasteiger partial charge in [0.15, 0.2) is 17.3 Å². The summed E-state index contributed by atoms with van der Waals surface area (Å²) in [6.07, 6.45) is 11.6. The highest BCUT2D eigenvalue weighted by molar-refractivity contribution is 6.05. The largest absolute Gasteiger partial charge is 0.381 e. The Kier molecular flexibility index (Phi) is 6.89. The molecule has 1 amide bonds. The van der Waals surface area contributed by atoms with E-state index in [2.05, 4.69) is 35.8 Å². The first-order valence-electron chi connectivity index (χ1n) is 8.91. The van der Waals surface area contributed by atoms with Crippen molar-refractivity contribution >= 4 is 17.4 Å². The van der Waals surface area contributed by atoms with Gasteiger partial charge >= 0.3 is 0 Å². The minimum atomic E-state index is -0.560. The molecule has 1 unspecified atom stereocenters. The maximum absolute atomic E-state index is 13.2. The van der Waals surface area contributed by atoms with Crippen LogP contribution in [0.15, 0.2) is 36.8 Å². The zero-order valence-electron chi connectivity index (χ0n) is 15.3. The molecule has 2 aromatic rings. The molecule has 140 valence electrons. The van der Waals surface area contributed by atoms with Gasteiger partial charge in [0, 0.05) is 5.70 Å². The number of nitrogen functional groups attached to an aromatic ring is 1. The second kappa shape index (κ2) is 9.12. The van der Waals surface area contributed by atoms with Crippen LogP contribution >= 0.6 is 0 Å². The number of rotatable bonds is 9. The molecule has 2 rings (SSSR count). The maximum Gasteiger partial charge on any atom is 0.263 e. The summed E-state index contributed by atoms with van der Waals surface area (Å²) in [6.45, 7) is 8.05. The minimum absolute atomic E-state index is 0.00312. The minimum Gasteiger partial charge on any atom is -0.381 e. The molecule has 2 heterocycles. The molecule has 0 fully saturated rings. The standard InChI is InChI=1S/C19H26FN5O/c1-4-6-7-8-9-13(3)10-15(5-2)23-19(26)16-17(21)24-25-12-14(20)11-22-18(16)25/h5,10-13H,2,4,6-9H2,1,3H3,(H2,21,24)(H,23,26). The number of nitrogens with two attached hydrogens (primary N) is 1. The van der Waals surface area contributed by atoms with Crippen LogP contribution in [0.4, 0.5) is 10.2 Å². The van der Waals surface area contributed by atoms with Crippen molar-refractivity contribution in [3.63, 3.8) is 0 Å². The average molecular weight is 359 g/mol. The molecule has 6 nitrogen and oxygen atoms in total. The molecule has 0 aliphatic carbocycles. The van der Waals surface area contributed by atoms with Gasteiger partial charge in [-0.1, -0.05) is 52.2 Å². The van der Waals surface area contributed by atoms with Crippen LogP contribution in [0.5, 0.6) is 0 Å². The van der Waals surface area contributed by atoms with E-state index in [1.54, 1.807) is 6.08 Å². The Balaban J connectivity index is 2.11.